The first-order valence-corrected chi connectivity index (χ1v) is 8.79. The van der Waals surface area contributed by atoms with Crippen LogP contribution >= 0.6 is 0 Å². The molecule has 0 saturated carbocycles. The molecule has 0 aliphatic rings. The molecular formula is C23H17N3O2. The number of aromatic nitrogens is 1. The van der Waals surface area contributed by atoms with Gasteiger partial charge < -0.3 is 5.73 Å². The summed E-state index contributed by atoms with van der Waals surface area (Å²) in [5, 5.41) is 1.47. The molecule has 4 aromatic rings. The van der Waals surface area contributed by atoms with Gasteiger partial charge in [0.2, 0.25) is 0 Å². The quantitative estimate of drug-likeness (QED) is 0.332. The topological polar surface area (TPSA) is 85.4 Å². The smallest absolute Gasteiger partial charge is 0.194 e. The number of amidine groups is 1. The maximum Gasteiger partial charge on any atom is 0.194 e. The van der Waals surface area contributed by atoms with Gasteiger partial charge in [-0.25, -0.2) is 4.99 Å². The van der Waals surface area contributed by atoms with Crippen molar-refractivity contribution in [2.75, 3.05) is 0 Å². The zero-order valence-electron chi connectivity index (χ0n) is 15.2. The lowest BCUT2D eigenvalue weighted by Crippen LogP contribution is -2.13. The highest BCUT2D eigenvalue weighted by Gasteiger charge is 2.16. The van der Waals surface area contributed by atoms with Crippen LogP contribution in [0, 0.1) is 0 Å². The van der Waals surface area contributed by atoms with Crippen molar-refractivity contribution >= 4 is 34.2 Å². The number of aldehydes is 1. The lowest BCUT2D eigenvalue weighted by Gasteiger charge is -2.10. The van der Waals surface area contributed by atoms with Crippen LogP contribution in [0.25, 0.3) is 22.0 Å². The van der Waals surface area contributed by atoms with Crippen molar-refractivity contribution in [1.29, 1.82) is 0 Å². The highest BCUT2D eigenvalue weighted by atomic mass is 16.1. The molecule has 5 nitrogen and oxygen atoms in total. The maximum atomic E-state index is 11.7. The van der Waals surface area contributed by atoms with E-state index in [9.17, 15) is 9.59 Å². The maximum absolute atomic E-state index is 11.7. The summed E-state index contributed by atoms with van der Waals surface area (Å²) in [5.74, 6) is 0.318. The van der Waals surface area contributed by atoms with E-state index in [2.05, 4.69) is 9.98 Å². The van der Waals surface area contributed by atoms with Gasteiger partial charge in [0.1, 0.15) is 12.1 Å². The third-order valence-electron chi connectivity index (χ3n) is 4.70. The molecule has 0 aliphatic carbocycles. The molecule has 2 N–H and O–H groups in total. The number of benzene rings is 2. The van der Waals surface area contributed by atoms with Gasteiger partial charge >= 0.3 is 0 Å². The van der Waals surface area contributed by atoms with Crippen LogP contribution in [-0.4, -0.2) is 17.1 Å². The zero-order chi connectivity index (χ0) is 19.7. The largest absolute Gasteiger partial charge is 0.383 e. The van der Waals surface area contributed by atoms with Crippen molar-refractivity contribution in [1.82, 2.24) is 4.98 Å². The van der Waals surface area contributed by atoms with E-state index in [0.717, 1.165) is 28.5 Å². The molecule has 0 saturated heterocycles. The fourth-order valence-corrected chi connectivity index (χ4v) is 3.02. The van der Waals surface area contributed by atoms with E-state index in [1.54, 1.807) is 30.5 Å². The Morgan fingerprint density at radius 3 is 2.39 bits per heavy atom. The number of carbonyl (C=O) groups excluding carboxylic acids is 1. The van der Waals surface area contributed by atoms with E-state index >= 15 is 0 Å². The minimum atomic E-state index is 0.0718. The van der Waals surface area contributed by atoms with Crippen molar-refractivity contribution in [2.45, 2.75) is 6.92 Å². The number of nitrogens with two attached hydrogens (primary N) is 1. The van der Waals surface area contributed by atoms with Gasteiger partial charge in [-0.15, -0.1) is 0 Å². The Morgan fingerprint density at radius 1 is 1.00 bits per heavy atom. The molecule has 3 aromatic carbocycles. The standard InChI is InChI=1S/C23H17N3O2/c1-14(20-4-2-3-11-25-20)21(17-9-10-18-19(12-17)22(18)28)26-23(24)16-7-5-15(13-27)6-8-16/h2-13H,1H3,(H2,24,26)/b21-14-. The van der Waals surface area contributed by atoms with Crippen molar-refractivity contribution in [3.05, 3.63) is 99.5 Å². The molecule has 1 aromatic heterocycles. The summed E-state index contributed by atoms with van der Waals surface area (Å²) in [5.41, 5.74) is 10.7. The summed E-state index contributed by atoms with van der Waals surface area (Å²) in [6.45, 7) is 1.93. The lowest BCUT2D eigenvalue weighted by atomic mass is 10.0. The number of hydrogen-bond acceptors (Lipinski definition) is 4. The van der Waals surface area contributed by atoms with E-state index in [0.29, 0.717) is 28.0 Å². The van der Waals surface area contributed by atoms with E-state index in [-0.39, 0.29) is 5.43 Å². The molecular weight excluding hydrogens is 350 g/mol. The van der Waals surface area contributed by atoms with Gasteiger partial charge in [0.15, 0.2) is 5.43 Å². The van der Waals surface area contributed by atoms with Gasteiger partial charge in [0, 0.05) is 39.2 Å². The average Bonchev–Trinajstić information content (AvgIpc) is 3.41. The average molecular weight is 367 g/mol. The highest BCUT2D eigenvalue weighted by molar-refractivity contribution is 6.05. The molecule has 0 aliphatic heterocycles. The molecule has 4 rings (SSSR count). The van der Waals surface area contributed by atoms with Crippen LogP contribution in [0.1, 0.15) is 34.1 Å². The van der Waals surface area contributed by atoms with Crippen LogP contribution < -0.4 is 11.2 Å². The molecule has 0 amide bonds. The Labute approximate surface area is 161 Å². The molecule has 0 bridgehead atoms. The minimum Gasteiger partial charge on any atom is -0.383 e. The van der Waals surface area contributed by atoms with Gasteiger partial charge in [-0.1, -0.05) is 36.4 Å². The Hall–Kier alpha value is -3.86. The van der Waals surface area contributed by atoms with Crippen LogP contribution in [0.4, 0.5) is 0 Å². The van der Waals surface area contributed by atoms with Crippen LogP contribution in [0.5, 0.6) is 0 Å². The predicted molar refractivity (Wildman–Crippen MR) is 112 cm³/mol. The summed E-state index contributed by atoms with van der Waals surface area (Å²) >= 11 is 0. The Bertz CT molecular complexity index is 1240. The van der Waals surface area contributed by atoms with Crippen LogP contribution in [0.15, 0.2) is 76.6 Å². The molecule has 28 heavy (non-hydrogen) atoms. The lowest BCUT2D eigenvalue weighted by molar-refractivity contribution is 0.112. The number of aliphatic imine (C=N–C) groups is 1. The fraction of sp³-hybridized carbons (Fsp3) is 0.0435. The summed E-state index contributed by atoms with van der Waals surface area (Å²) in [4.78, 5) is 31.7. The van der Waals surface area contributed by atoms with Crippen molar-refractivity contribution in [2.24, 2.45) is 10.7 Å². The van der Waals surface area contributed by atoms with Crippen molar-refractivity contribution in [3.8, 4) is 0 Å². The summed E-state index contributed by atoms with van der Waals surface area (Å²) in [6, 6.07) is 18.1. The zero-order valence-corrected chi connectivity index (χ0v) is 15.2. The molecule has 0 spiro atoms. The molecule has 136 valence electrons. The van der Waals surface area contributed by atoms with Gasteiger partial charge in [-0.2, -0.15) is 0 Å². The third-order valence-corrected chi connectivity index (χ3v) is 4.70. The first-order valence-electron chi connectivity index (χ1n) is 8.79. The first kappa shape index (κ1) is 17.5. The summed E-state index contributed by atoms with van der Waals surface area (Å²) in [7, 11) is 0. The number of hydrogen-bond donors (Lipinski definition) is 1. The van der Waals surface area contributed by atoms with Crippen LogP contribution in [-0.2, 0) is 0 Å². The van der Waals surface area contributed by atoms with E-state index in [1.807, 2.05) is 43.3 Å². The Morgan fingerprint density at radius 2 is 1.75 bits per heavy atom. The number of rotatable bonds is 5. The molecule has 0 radical (unpaired) electrons. The highest BCUT2D eigenvalue weighted by Crippen LogP contribution is 2.29. The second-order valence-electron chi connectivity index (χ2n) is 6.51. The predicted octanol–water partition coefficient (Wildman–Crippen LogP) is 3.58. The van der Waals surface area contributed by atoms with Gasteiger partial charge in [-0.05, 0) is 31.2 Å². The molecule has 1 heterocycles. The summed E-state index contributed by atoms with van der Waals surface area (Å²) < 4.78 is 0. The molecule has 0 unspecified atom stereocenters. The number of pyridine rings is 1. The second kappa shape index (κ2) is 7.04. The van der Waals surface area contributed by atoms with Gasteiger partial charge in [-0.3, -0.25) is 14.6 Å². The fourth-order valence-electron chi connectivity index (χ4n) is 3.02. The second-order valence-corrected chi connectivity index (χ2v) is 6.51. The number of carbonyl (C=O) groups is 1. The SMILES string of the molecule is C/C(=C(/N=C(N)c1ccc(C=O)cc1)c1ccc2c(=O)c2c1)c1ccccn1. The first-order chi connectivity index (χ1) is 13.6. The molecule has 5 heteroatoms. The van der Waals surface area contributed by atoms with E-state index in [1.165, 1.54) is 0 Å². The van der Waals surface area contributed by atoms with Crippen LogP contribution in [0.3, 0.4) is 0 Å². The van der Waals surface area contributed by atoms with Crippen molar-refractivity contribution in [3.63, 3.8) is 0 Å². The van der Waals surface area contributed by atoms with Gasteiger partial charge in [0.05, 0.1) is 11.4 Å². The summed E-state index contributed by atoms with van der Waals surface area (Å²) in [6.07, 6.45) is 2.50. The third kappa shape index (κ3) is 3.25. The van der Waals surface area contributed by atoms with Crippen LogP contribution in [0.2, 0.25) is 0 Å². The number of fused-ring (bicyclic) bond motifs is 1. The van der Waals surface area contributed by atoms with E-state index < -0.39 is 0 Å². The number of nitrogens with zero attached hydrogens (tertiary/aromatic N) is 2. The monoisotopic (exact) mass is 367 g/mol. The molecule has 0 fully saturated rings. The van der Waals surface area contributed by atoms with Crippen molar-refractivity contribution < 1.29 is 4.79 Å². The Kier molecular flexibility index (Phi) is 4.41. The Balaban J connectivity index is 1.84. The van der Waals surface area contributed by atoms with E-state index in [4.69, 9.17) is 5.73 Å². The normalized spacial score (nSPS) is 13.0. The number of allylic oxidation sites excluding steroid dienone is 1. The molecule has 0 atom stereocenters. The van der Waals surface area contributed by atoms with Gasteiger partial charge in [0.25, 0.3) is 0 Å². The minimum absolute atomic E-state index is 0.0718.